The van der Waals surface area contributed by atoms with Crippen LogP contribution in [0.3, 0.4) is 0 Å². The number of hydrogen-bond donors (Lipinski definition) is 11. The number of carbonyl (C=O) groups is 1. The van der Waals surface area contributed by atoms with E-state index in [1.807, 2.05) is 0 Å². The van der Waals surface area contributed by atoms with Gasteiger partial charge < -0.3 is 75.3 Å². The molecule has 69 heavy (non-hydrogen) atoms. The van der Waals surface area contributed by atoms with Crippen molar-refractivity contribution in [1.29, 1.82) is 0 Å². The molecular weight excluding hydrogens is 891 g/mol. The number of aliphatic hydroxyl groups excluding tert-OH is 10. The van der Waals surface area contributed by atoms with Crippen LogP contribution < -0.4 is 5.32 Å². The average Bonchev–Trinajstić information content (AvgIpc) is 3.35. The van der Waals surface area contributed by atoms with Crippen molar-refractivity contribution in [2.45, 2.75) is 312 Å². The third-order valence-electron chi connectivity index (χ3n) is 14.3. The summed E-state index contributed by atoms with van der Waals surface area (Å²) >= 11 is 0. The Kier molecular flexibility index (Phi) is 37.4. The van der Waals surface area contributed by atoms with E-state index in [4.69, 9.17) is 18.9 Å². The molecule has 14 unspecified atom stereocenters. The summed E-state index contributed by atoms with van der Waals surface area (Å²) in [6.07, 6.45) is 16.3. The largest absolute Gasteiger partial charge is 0.394 e. The molecule has 0 spiro atoms. The first-order valence-corrected chi connectivity index (χ1v) is 28.0. The van der Waals surface area contributed by atoms with Gasteiger partial charge in [-0.3, -0.25) is 4.79 Å². The second-order valence-electron chi connectivity index (χ2n) is 20.4. The first-order chi connectivity index (χ1) is 33.4. The molecule has 2 fully saturated rings. The smallest absolute Gasteiger partial charge is 0.249 e. The Balaban J connectivity index is 1.93. The van der Waals surface area contributed by atoms with Gasteiger partial charge in [0.1, 0.15) is 61.0 Å². The lowest BCUT2D eigenvalue weighted by molar-refractivity contribution is -0.368. The van der Waals surface area contributed by atoms with Gasteiger partial charge in [-0.25, -0.2) is 0 Å². The molecule has 0 saturated carbocycles. The van der Waals surface area contributed by atoms with Crippen LogP contribution in [0.25, 0.3) is 0 Å². The molecule has 2 aliphatic rings. The van der Waals surface area contributed by atoms with E-state index >= 15 is 0 Å². The van der Waals surface area contributed by atoms with Crippen LogP contribution in [0.5, 0.6) is 0 Å². The Labute approximate surface area is 416 Å². The average molecular weight is 994 g/mol. The molecule has 0 aromatic heterocycles. The Morgan fingerprint density at radius 2 is 0.841 bits per heavy atom. The van der Waals surface area contributed by atoms with Crippen LogP contribution in [0.1, 0.15) is 226 Å². The summed E-state index contributed by atoms with van der Waals surface area (Å²) in [7, 11) is 0. The van der Waals surface area contributed by atoms with Crippen LogP contribution in [-0.2, 0) is 23.7 Å². The van der Waals surface area contributed by atoms with Crippen molar-refractivity contribution in [3.63, 3.8) is 0 Å². The molecule has 11 N–H and O–H groups in total. The van der Waals surface area contributed by atoms with Crippen molar-refractivity contribution in [2.24, 2.45) is 0 Å². The summed E-state index contributed by atoms with van der Waals surface area (Å²) in [5.41, 5.74) is 0. The highest BCUT2D eigenvalue weighted by Gasteiger charge is 2.51. The molecule has 2 rings (SSSR count). The Hall–Kier alpha value is -1.09. The topological polar surface area (TPSA) is 268 Å². The van der Waals surface area contributed by atoms with Gasteiger partial charge in [-0.15, -0.1) is 0 Å². The number of carbonyl (C=O) groups excluding carboxylic acids is 1. The van der Waals surface area contributed by atoms with E-state index in [0.29, 0.717) is 12.8 Å². The first kappa shape index (κ1) is 64.0. The van der Waals surface area contributed by atoms with E-state index in [0.717, 1.165) is 51.4 Å². The highest BCUT2D eigenvalue weighted by molar-refractivity contribution is 5.80. The number of hydrogen-bond acceptors (Lipinski definition) is 15. The summed E-state index contributed by atoms with van der Waals surface area (Å²) in [4.78, 5) is 13.4. The molecular formula is C53H103NO15. The van der Waals surface area contributed by atoms with Crippen LogP contribution in [0.4, 0.5) is 0 Å². The summed E-state index contributed by atoms with van der Waals surface area (Å²) in [6.45, 7) is 2.42. The molecule has 16 heteroatoms. The van der Waals surface area contributed by atoms with Crippen molar-refractivity contribution in [1.82, 2.24) is 5.32 Å². The minimum Gasteiger partial charge on any atom is -0.394 e. The number of unbranched alkanes of at least 4 members (excludes halogenated alkanes) is 29. The second kappa shape index (κ2) is 40.3. The molecule has 0 bridgehead atoms. The maximum absolute atomic E-state index is 13.4. The summed E-state index contributed by atoms with van der Waals surface area (Å²) < 4.78 is 22.9. The first-order valence-electron chi connectivity index (χ1n) is 28.0. The van der Waals surface area contributed by atoms with Gasteiger partial charge in [0.15, 0.2) is 12.6 Å². The SMILES string of the molecule is CCCCCCCCCCCCCCCCCCC(O)C(=O)NC(COC1OC(CO)C(O)C(O)C1OC1OC(CO)C(O)C(O)C1O)C(O)C(O)CCCCCCCCCCCCCCCCC. The second-order valence-corrected chi connectivity index (χ2v) is 20.4. The predicted molar refractivity (Wildman–Crippen MR) is 266 cm³/mol. The highest BCUT2D eigenvalue weighted by Crippen LogP contribution is 2.30. The normalized spacial score (nSPS) is 27.0. The lowest BCUT2D eigenvalue weighted by Gasteiger charge is -2.46. The molecule has 2 saturated heterocycles. The molecule has 0 aromatic carbocycles. The van der Waals surface area contributed by atoms with Crippen molar-refractivity contribution in [3.05, 3.63) is 0 Å². The third kappa shape index (κ3) is 26.6. The predicted octanol–water partition coefficient (Wildman–Crippen LogP) is 6.11. The van der Waals surface area contributed by atoms with Gasteiger partial charge in [0.05, 0.1) is 32.0 Å². The van der Waals surface area contributed by atoms with Crippen molar-refractivity contribution >= 4 is 5.91 Å². The van der Waals surface area contributed by atoms with Gasteiger partial charge in [-0.1, -0.05) is 213 Å². The van der Waals surface area contributed by atoms with Crippen molar-refractivity contribution in [2.75, 3.05) is 19.8 Å². The van der Waals surface area contributed by atoms with Crippen LogP contribution in [-0.4, -0.2) is 163 Å². The molecule has 0 aromatic rings. The number of amides is 1. The molecule has 1 amide bonds. The van der Waals surface area contributed by atoms with E-state index in [1.54, 1.807) is 0 Å². The summed E-state index contributed by atoms with van der Waals surface area (Å²) in [6, 6.07) is -1.31. The van der Waals surface area contributed by atoms with Gasteiger partial charge in [-0.2, -0.15) is 0 Å². The van der Waals surface area contributed by atoms with Crippen molar-refractivity contribution in [3.8, 4) is 0 Å². The molecule has 16 nitrogen and oxygen atoms in total. The standard InChI is InChI=1S/C53H103NO15/c1-3-5-7-9-11-13-15-17-19-21-23-25-27-29-31-33-35-41(58)51(65)54-39(44(59)40(57)34-32-30-28-26-24-22-20-18-16-14-12-10-8-6-4-2)38-66-53-50(48(63)46(61)43(37-56)68-53)69-52-49(64)47(62)45(60)42(36-55)67-52/h39-50,52-53,55-64H,3-38H2,1-2H3,(H,54,65). The van der Waals surface area contributed by atoms with Crippen LogP contribution in [0.2, 0.25) is 0 Å². The van der Waals surface area contributed by atoms with E-state index in [-0.39, 0.29) is 12.8 Å². The van der Waals surface area contributed by atoms with Gasteiger partial charge >= 0.3 is 0 Å². The third-order valence-corrected chi connectivity index (χ3v) is 14.3. The maximum Gasteiger partial charge on any atom is 0.249 e. The zero-order valence-corrected chi connectivity index (χ0v) is 43.1. The molecule has 0 aliphatic carbocycles. The van der Waals surface area contributed by atoms with E-state index in [1.165, 1.54) is 135 Å². The van der Waals surface area contributed by atoms with E-state index in [9.17, 15) is 55.9 Å². The van der Waals surface area contributed by atoms with Crippen LogP contribution >= 0.6 is 0 Å². The quantitative estimate of drug-likeness (QED) is 0.0308. The van der Waals surface area contributed by atoms with Gasteiger partial charge in [-0.05, 0) is 12.8 Å². The Morgan fingerprint density at radius 3 is 1.25 bits per heavy atom. The molecule has 410 valence electrons. The zero-order chi connectivity index (χ0) is 50.7. The zero-order valence-electron chi connectivity index (χ0n) is 43.1. The maximum atomic E-state index is 13.4. The monoisotopic (exact) mass is 994 g/mol. The number of ether oxygens (including phenoxy) is 4. The lowest BCUT2D eigenvalue weighted by atomic mass is 9.97. The van der Waals surface area contributed by atoms with Crippen molar-refractivity contribution < 1.29 is 74.8 Å². The number of aliphatic hydroxyl groups is 10. The van der Waals surface area contributed by atoms with Crippen LogP contribution in [0.15, 0.2) is 0 Å². The Bertz CT molecular complexity index is 1210. The van der Waals surface area contributed by atoms with E-state index < -0.39 is 111 Å². The molecule has 14 atom stereocenters. The number of rotatable bonds is 44. The minimum atomic E-state index is -1.87. The highest BCUT2D eigenvalue weighted by atomic mass is 16.8. The van der Waals surface area contributed by atoms with Gasteiger partial charge in [0.2, 0.25) is 5.91 Å². The summed E-state index contributed by atoms with van der Waals surface area (Å²) in [5.74, 6) is -0.773. The fourth-order valence-corrected chi connectivity index (χ4v) is 9.55. The fourth-order valence-electron chi connectivity index (χ4n) is 9.55. The minimum absolute atomic E-state index is 0.193. The Morgan fingerprint density at radius 1 is 0.478 bits per heavy atom. The van der Waals surface area contributed by atoms with Crippen LogP contribution in [0, 0.1) is 0 Å². The molecule has 0 radical (unpaired) electrons. The number of nitrogens with one attached hydrogen (secondary N) is 1. The van der Waals surface area contributed by atoms with Gasteiger partial charge in [0.25, 0.3) is 0 Å². The fraction of sp³-hybridized carbons (Fsp3) is 0.981. The summed E-state index contributed by atoms with van der Waals surface area (Å²) in [5, 5.41) is 109. The molecule has 2 aliphatic heterocycles. The van der Waals surface area contributed by atoms with E-state index in [2.05, 4.69) is 19.2 Å². The van der Waals surface area contributed by atoms with Gasteiger partial charge in [0, 0.05) is 0 Å². The lowest BCUT2D eigenvalue weighted by Crippen LogP contribution is -2.65. The molecule has 2 heterocycles.